The number of hydrogen-bond acceptors (Lipinski definition) is 4. The van der Waals surface area contributed by atoms with Crippen LogP contribution in [0.4, 0.5) is 9.93 Å². The molecule has 1 aromatic rings. The number of carbonyl (C=O) groups excluding carboxylic acids is 1. The first-order chi connectivity index (χ1) is 9.56. The molecule has 2 N–H and O–H groups in total. The molecule has 0 aromatic carbocycles. The van der Waals surface area contributed by atoms with E-state index in [1.807, 2.05) is 6.92 Å². The van der Waals surface area contributed by atoms with Crippen LogP contribution in [0.15, 0.2) is 6.20 Å². The van der Waals surface area contributed by atoms with Crippen molar-refractivity contribution in [3.8, 4) is 0 Å². The van der Waals surface area contributed by atoms with E-state index in [-0.39, 0.29) is 18.5 Å². The van der Waals surface area contributed by atoms with E-state index in [9.17, 15) is 9.59 Å². The smallest absolute Gasteiger partial charge is 0.323 e. The lowest BCUT2D eigenvalue weighted by molar-refractivity contribution is -0.137. The Balaban J connectivity index is 1.95. The van der Waals surface area contributed by atoms with Crippen LogP contribution in [0, 0.1) is 6.92 Å². The van der Waals surface area contributed by atoms with Gasteiger partial charge in [-0.1, -0.05) is 0 Å². The number of nitrogens with one attached hydrogen (secondary N) is 1. The minimum atomic E-state index is -0.813. The van der Waals surface area contributed by atoms with Crippen LogP contribution < -0.4 is 5.32 Å². The first kappa shape index (κ1) is 14.8. The number of amides is 2. The summed E-state index contributed by atoms with van der Waals surface area (Å²) in [6.07, 6.45) is 5.22. The van der Waals surface area contributed by atoms with Crippen LogP contribution in [0.3, 0.4) is 0 Å². The summed E-state index contributed by atoms with van der Waals surface area (Å²) in [4.78, 5) is 29.9. The molecule has 1 aliphatic rings. The molecule has 1 saturated heterocycles. The van der Waals surface area contributed by atoms with Crippen molar-refractivity contribution in [3.63, 3.8) is 0 Å². The molecule has 0 saturated carbocycles. The van der Waals surface area contributed by atoms with Gasteiger partial charge in [0, 0.05) is 30.1 Å². The Morgan fingerprint density at radius 2 is 2.35 bits per heavy atom. The molecule has 0 bridgehead atoms. The zero-order valence-corrected chi connectivity index (χ0v) is 12.3. The number of aliphatic carboxylic acids is 1. The highest BCUT2D eigenvalue weighted by molar-refractivity contribution is 7.15. The van der Waals surface area contributed by atoms with Crippen LogP contribution in [0.25, 0.3) is 0 Å². The Morgan fingerprint density at radius 3 is 3.00 bits per heavy atom. The molecule has 0 spiro atoms. The summed E-state index contributed by atoms with van der Waals surface area (Å²) in [6, 6.07) is -0.157. The van der Waals surface area contributed by atoms with Crippen molar-refractivity contribution in [1.82, 2.24) is 9.88 Å². The maximum absolute atomic E-state index is 12.3. The minimum Gasteiger partial charge on any atom is -0.481 e. The quantitative estimate of drug-likeness (QED) is 0.895. The minimum absolute atomic E-state index is 0.0147. The van der Waals surface area contributed by atoms with E-state index in [2.05, 4.69) is 10.3 Å². The monoisotopic (exact) mass is 297 g/mol. The summed E-state index contributed by atoms with van der Waals surface area (Å²) >= 11 is 1.44. The zero-order valence-electron chi connectivity index (χ0n) is 11.5. The molecule has 1 unspecified atom stereocenters. The topological polar surface area (TPSA) is 82.5 Å². The third-order valence-corrected chi connectivity index (χ3v) is 4.24. The predicted molar refractivity (Wildman–Crippen MR) is 77.1 cm³/mol. The molecule has 6 nitrogen and oxygen atoms in total. The standard InChI is InChI=1S/C13H19N3O3S/c1-9-8-14-12(20-9)15-13(19)16-7-3-2-4-10(16)5-6-11(17)18/h8,10H,2-7H2,1H3,(H,17,18)(H,14,15,19). The van der Waals surface area contributed by atoms with Crippen molar-refractivity contribution in [2.45, 2.75) is 45.1 Å². The van der Waals surface area contributed by atoms with Gasteiger partial charge in [0.25, 0.3) is 0 Å². The van der Waals surface area contributed by atoms with Gasteiger partial charge in [-0.15, -0.1) is 11.3 Å². The number of urea groups is 1. The number of piperidine rings is 1. The Kier molecular flexibility index (Phi) is 4.94. The van der Waals surface area contributed by atoms with Gasteiger partial charge >= 0.3 is 12.0 Å². The molecule has 110 valence electrons. The van der Waals surface area contributed by atoms with Gasteiger partial charge in [0.2, 0.25) is 0 Å². The fourth-order valence-electron chi connectivity index (χ4n) is 2.43. The average Bonchev–Trinajstić information content (AvgIpc) is 2.82. The van der Waals surface area contributed by atoms with Crippen molar-refractivity contribution in [2.75, 3.05) is 11.9 Å². The van der Waals surface area contributed by atoms with E-state index in [1.54, 1.807) is 11.1 Å². The van der Waals surface area contributed by atoms with Gasteiger partial charge in [-0.3, -0.25) is 10.1 Å². The highest BCUT2D eigenvalue weighted by Crippen LogP contribution is 2.23. The molecule has 2 heterocycles. The van der Waals surface area contributed by atoms with Gasteiger partial charge in [-0.2, -0.15) is 0 Å². The average molecular weight is 297 g/mol. The number of aryl methyl sites for hydroxylation is 1. The van der Waals surface area contributed by atoms with Crippen molar-refractivity contribution in [3.05, 3.63) is 11.1 Å². The Labute approximate surface area is 121 Å². The molecule has 2 amide bonds. The molecule has 1 aliphatic heterocycles. The number of nitrogens with zero attached hydrogens (tertiary/aromatic N) is 2. The normalized spacial score (nSPS) is 18.9. The van der Waals surface area contributed by atoms with Gasteiger partial charge in [0.05, 0.1) is 0 Å². The summed E-state index contributed by atoms with van der Waals surface area (Å²) in [5.41, 5.74) is 0. The number of carboxylic acid groups (broad SMARTS) is 1. The molecule has 1 fully saturated rings. The molecule has 0 aliphatic carbocycles. The van der Waals surface area contributed by atoms with Crippen molar-refractivity contribution in [1.29, 1.82) is 0 Å². The SMILES string of the molecule is Cc1cnc(NC(=O)N2CCCCC2CCC(=O)O)s1. The molecular weight excluding hydrogens is 278 g/mol. The molecule has 20 heavy (non-hydrogen) atoms. The van der Waals surface area contributed by atoms with E-state index < -0.39 is 5.97 Å². The Hall–Kier alpha value is -1.63. The number of carbonyl (C=O) groups is 2. The van der Waals surface area contributed by atoms with Gasteiger partial charge in [-0.25, -0.2) is 9.78 Å². The summed E-state index contributed by atoms with van der Waals surface area (Å²) in [5, 5.41) is 12.2. The number of hydrogen-bond donors (Lipinski definition) is 2. The van der Waals surface area contributed by atoms with Gasteiger partial charge in [0.15, 0.2) is 5.13 Å². The van der Waals surface area contributed by atoms with Crippen molar-refractivity contribution >= 4 is 28.5 Å². The largest absolute Gasteiger partial charge is 0.481 e. The summed E-state index contributed by atoms with van der Waals surface area (Å²) in [7, 11) is 0. The lowest BCUT2D eigenvalue weighted by Gasteiger charge is -2.35. The highest BCUT2D eigenvalue weighted by atomic mass is 32.1. The van der Waals surface area contributed by atoms with Crippen LogP contribution in [-0.2, 0) is 4.79 Å². The third-order valence-electron chi connectivity index (χ3n) is 3.41. The van der Waals surface area contributed by atoms with Crippen molar-refractivity contribution < 1.29 is 14.7 Å². The fraction of sp³-hybridized carbons (Fsp3) is 0.615. The lowest BCUT2D eigenvalue weighted by atomic mass is 9.98. The number of likely N-dealkylation sites (tertiary alicyclic amines) is 1. The van der Waals surface area contributed by atoms with Crippen LogP contribution in [-0.4, -0.2) is 39.6 Å². The van der Waals surface area contributed by atoms with Crippen LogP contribution in [0.5, 0.6) is 0 Å². The van der Waals surface area contributed by atoms with Gasteiger partial charge in [-0.05, 0) is 32.6 Å². The second-order valence-corrected chi connectivity index (χ2v) is 6.22. The number of carboxylic acids is 1. The van der Waals surface area contributed by atoms with Gasteiger partial charge < -0.3 is 10.0 Å². The number of rotatable bonds is 4. The number of anilines is 1. The van der Waals surface area contributed by atoms with E-state index in [0.29, 0.717) is 18.1 Å². The number of thiazole rings is 1. The molecule has 0 radical (unpaired) electrons. The molecular formula is C13H19N3O3S. The summed E-state index contributed by atoms with van der Waals surface area (Å²) in [6.45, 7) is 2.62. The zero-order chi connectivity index (χ0) is 14.5. The summed E-state index contributed by atoms with van der Waals surface area (Å²) in [5.74, 6) is -0.813. The predicted octanol–water partition coefficient (Wildman–Crippen LogP) is 2.70. The maximum atomic E-state index is 12.3. The first-order valence-corrected chi connectivity index (χ1v) is 7.60. The summed E-state index contributed by atoms with van der Waals surface area (Å²) < 4.78 is 0. The van der Waals surface area contributed by atoms with E-state index in [1.165, 1.54) is 11.3 Å². The molecule has 2 rings (SSSR count). The third kappa shape index (κ3) is 3.93. The van der Waals surface area contributed by atoms with E-state index >= 15 is 0 Å². The second-order valence-electron chi connectivity index (χ2n) is 4.98. The lowest BCUT2D eigenvalue weighted by Crippen LogP contribution is -2.46. The van der Waals surface area contributed by atoms with Crippen LogP contribution in [0.1, 0.15) is 37.0 Å². The highest BCUT2D eigenvalue weighted by Gasteiger charge is 2.27. The Morgan fingerprint density at radius 1 is 1.55 bits per heavy atom. The fourth-order valence-corrected chi connectivity index (χ4v) is 3.09. The second kappa shape index (κ2) is 6.69. The first-order valence-electron chi connectivity index (χ1n) is 6.78. The maximum Gasteiger partial charge on any atom is 0.323 e. The van der Waals surface area contributed by atoms with E-state index in [4.69, 9.17) is 5.11 Å². The molecule has 7 heteroatoms. The Bertz CT molecular complexity index is 489. The van der Waals surface area contributed by atoms with Gasteiger partial charge in [0.1, 0.15) is 0 Å². The van der Waals surface area contributed by atoms with E-state index in [0.717, 1.165) is 24.1 Å². The van der Waals surface area contributed by atoms with Crippen LogP contribution in [0.2, 0.25) is 0 Å². The van der Waals surface area contributed by atoms with Crippen LogP contribution >= 0.6 is 11.3 Å². The molecule has 1 aromatic heterocycles. The molecule has 1 atom stereocenters. The van der Waals surface area contributed by atoms with Crippen molar-refractivity contribution in [2.24, 2.45) is 0 Å². The number of aromatic nitrogens is 1.